The summed E-state index contributed by atoms with van der Waals surface area (Å²) in [5.74, 6) is -3.03. The third kappa shape index (κ3) is 14.9. The summed E-state index contributed by atoms with van der Waals surface area (Å²) in [6.45, 7) is 33.7. The van der Waals surface area contributed by atoms with Crippen LogP contribution in [0.15, 0.2) is 49.1 Å². The lowest BCUT2D eigenvalue weighted by Crippen LogP contribution is -2.48. The van der Waals surface area contributed by atoms with Gasteiger partial charge in [0, 0.05) is 121 Å². The number of aromatic nitrogens is 4. The Morgan fingerprint density at radius 2 is 1.09 bits per heavy atom. The standard InChI is InChI=1S/C68H98FN11O14/c1-60(2,3)89-53(81)72-50-45-33-76(56(84)92-63(10,11)12)36-66(45,50)25-20-19-21-44(67-37-77(57(85)93-64(13,14)15)34-46(67)51(67)73-54(82)90-61(4,5)6)49(68-38-78(58(86)94-65(16,17)18)35-47(68)52(68)74-55(83)91-62(7,8)9)42-24-26-70-30-43(42)41-23-22-39(29-48(41)69)80-32-40(88-59(80)87)31-79-28-27-71-75-79/h22-24,26-30,40,44-47,49-52H,19-21,25,31-38H2,1-18H3,(H,72,81)(H,73,82)(H,74,83)/t40-,44?,45?,46?,47?,49?,50?,51?,52?,66?,67?,68?/m0/s1. The SMILES string of the molecule is CC(C)(C)OC(=O)NC1C2CN(C(=O)OC(C)(C)C)CC21CCCCC(C(c1ccncc1-c1ccc(N2C[C@H](Cn3ccnn3)OC2=O)cc1F)C12CN(C(=O)OC(C)(C)C)CC1C2NC(=O)OC(C)(C)C)C12CN(C(=O)OC(C)(C)C)CC1C2NC(=O)OC(C)(C)C. The van der Waals surface area contributed by atoms with Crippen LogP contribution in [-0.2, 0) is 39.7 Å². The van der Waals surface area contributed by atoms with Gasteiger partial charge in [0.25, 0.3) is 0 Å². The maximum Gasteiger partial charge on any atom is 0.414 e. The van der Waals surface area contributed by atoms with Crippen LogP contribution in [0, 0.1) is 45.7 Å². The highest BCUT2D eigenvalue weighted by molar-refractivity contribution is 5.90. The molecule has 7 amide bonds. The number of fused-ring (bicyclic) bond motifs is 3. The Morgan fingerprint density at radius 1 is 0.596 bits per heavy atom. The molecule has 0 bridgehead atoms. The second-order valence-corrected chi connectivity index (χ2v) is 32.9. The number of hydrogen-bond donors (Lipinski definition) is 3. The van der Waals surface area contributed by atoms with E-state index in [1.807, 2.05) is 26.8 Å². The second kappa shape index (κ2) is 24.5. The van der Waals surface area contributed by atoms with Crippen LogP contribution in [0.5, 0.6) is 0 Å². The van der Waals surface area contributed by atoms with E-state index < -0.39 is 140 Å². The molecule has 6 heterocycles. The van der Waals surface area contributed by atoms with Crippen molar-refractivity contribution in [1.29, 1.82) is 0 Å². The van der Waals surface area contributed by atoms with E-state index in [1.54, 1.807) is 154 Å². The third-order valence-electron chi connectivity index (χ3n) is 19.0. The molecule has 4 saturated heterocycles. The van der Waals surface area contributed by atoms with Crippen molar-refractivity contribution in [3.63, 3.8) is 0 Å². The Kier molecular flexibility index (Phi) is 18.0. The molecule has 3 aromatic rings. The number of carbonyl (C=O) groups excluding carboxylic acids is 7. The highest BCUT2D eigenvalue weighted by Crippen LogP contribution is 2.75. The zero-order chi connectivity index (χ0) is 68.8. The van der Waals surface area contributed by atoms with Crippen molar-refractivity contribution in [2.24, 2.45) is 39.9 Å². The number of nitrogens with zero attached hydrogens (tertiary/aromatic N) is 8. The molecule has 2 aromatic heterocycles. The largest absolute Gasteiger partial charge is 0.444 e. The van der Waals surface area contributed by atoms with Crippen LogP contribution < -0.4 is 20.9 Å². The Hall–Kier alpha value is -7.67. The minimum absolute atomic E-state index is 0.0498. The van der Waals surface area contributed by atoms with Crippen molar-refractivity contribution in [2.45, 2.75) is 221 Å². The van der Waals surface area contributed by atoms with Gasteiger partial charge in [0.05, 0.1) is 25.0 Å². The van der Waals surface area contributed by atoms with Gasteiger partial charge in [0.2, 0.25) is 0 Å². The number of hydrogen-bond acceptors (Lipinski definition) is 17. The fourth-order valence-corrected chi connectivity index (χ4v) is 15.6. The first-order chi connectivity index (χ1) is 43.5. The first-order valence-corrected chi connectivity index (χ1v) is 33.0. The highest BCUT2D eigenvalue weighted by atomic mass is 19.1. The van der Waals surface area contributed by atoms with Crippen LogP contribution in [0.4, 0.5) is 43.6 Å². The van der Waals surface area contributed by atoms with Crippen molar-refractivity contribution >= 4 is 48.3 Å². The number of pyridine rings is 1. The number of cyclic esters (lactones) is 1. The number of nitrogens with one attached hydrogen (secondary N) is 3. The van der Waals surface area contributed by atoms with Gasteiger partial charge in [-0.3, -0.25) is 9.88 Å². The minimum atomic E-state index is -1.08. The Labute approximate surface area is 550 Å². The van der Waals surface area contributed by atoms with E-state index >= 15 is 4.39 Å². The lowest BCUT2D eigenvalue weighted by atomic mass is 9.64. The van der Waals surface area contributed by atoms with E-state index in [0.717, 1.165) is 0 Å². The first kappa shape index (κ1) is 69.2. The molecule has 7 aliphatic rings. The molecule has 3 N–H and O–H groups in total. The molecule has 94 heavy (non-hydrogen) atoms. The number of ether oxygens (including phenoxy) is 7. The summed E-state index contributed by atoms with van der Waals surface area (Å²) in [4.78, 5) is 110. The lowest BCUT2D eigenvalue weighted by molar-refractivity contribution is 0.0185. The predicted octanol–water partition coefficient (Wildman–Crippen LogP) is 11.0. The first-order valence-electron chi connectivity index (χ1n) is 33.0. The van der Waals surface area contributed by atoms with E-state index in [9.17, 15) is 33.6 Å². The van der Waals surface area contributed by atoms with Crippen LogP contribution >= 0.6 is 0 Å². The smallest absolute Gasteiger partial charge is 0.414 e. The van der Waals surface area contributed by atoms with Crippen LogP contribution in [0.1, 0.15) is 162 Å². The van der Waals surface area contributed by atoms with Crippen molar-refractivity contribution < 1.29 is 71.1 Å². The number of benzene rings is 1. The van der Waals surface area contributed by atoms with Crippen molar-refractivity contribution in [2.75, 3.05) is 50.7 Å². The number of amides is 7. The molecule has 26 heteroatoms. The molecule has 0 spiro atoms. The normalized spacial score (nSPS) is 27.6. The van der Waals surface area contributed by atoms with E-state index in [1.165, 1.54) is 17.2 Å². The zero-order valence-corrected chi connectivity index (χ0v) is 58.0. The predicted molar refractivity (Wildman–Crippen MR) is 343 cm³/mol. The van der Waals surface area contributed by atoms with Gasteiger partial charge in [0.1, 0.15) is 45.5 Å². The van der Waals surface area contributed by atoms with E-state index in [-0.39, 0.29) is 62.5 Å². The molecule has 1 aromatic carbocycles. The lowest BCUT2D eigenvalue weighted by Gasteiger charge is -2.42. The van der Waals surface area contributed by atoms with Gasteiger partial charge in [-0.15, -0.1) is 5.10 Å². The molecular formula is C68H98FN11O14. The monoisotopic (exact) mass is 1310 g/mol. The average molecular weight is 1310 g/mol. The second-order valence-electron chi connectivity index (χ2n) is 32.9. The number of anilines is 1. The number of piperidine rings is 3. The van der Waals surface area contributed by atoms with Crippen LogP contribution in [0.3, 0.4) is 0 Å². The van der Waals surface area contributed by atoms with E-state index in [2.05, 4.69) is 31.2 Å². The Balaban J connectivity index is 1.12. The van der Waals surface area contributed by atoms with Gasteiger partial charge >= 0.3 is 42.7 Å². The molecule has 7 fully saturated rings. The number of alkyl carbamates (subject to hydrolysis) is 3. The van der Waals surface area contributed by atoms with Gasteiger partial charge in [-0.05, 0) is 179 Å². The van der Waals surface area contributed by atoms with Crippen molar-refractivity contribution in [1.82, 2.24) is 50.6 Å². The summed E-state index contributed by atoms with van der Waals surface area (Å²) in [5, 5.41) is 17.6. The molecular weight excluding hydrogens is 1210 g/mol. The molecule has 516 valence electrons. The molecule has 12 atom stereocenters. The maximum absolute atomic E-state index is 17.8. The summed E-state index contributed by atoms with van der Waals surface area (Å²) in [6, 6.07) is 4.81. The molecule has 3 aliphatic carbocycles. The highest BCUT2D eigenvalue weighted by Gasteiger charge is 2.81. The van der Waals surface area contributed by atoms with Gasteiger partial charge in [-0.1, -0.05) is 18.1 Å². The molecule has 11 unspecified atom stereocenters. The van der Waals surface area contributed by atoms with Gasteiger partial charge in [-0.25, -0.2) is 42.6 Å². The number of halogens is 1. The molecule has 4 aliphatic heterocycles. The number of unbranched alkanes of at least 4 members (excludes halogenated alkanes) is 1. The molecule has 10 rings (SSSR count). The topological polar surface area (TPSA) is 277 Å². The van der Waals surface area contributed by atoms with Crippen LogP contribution in [-0.4, -0.2) is 181 Å². The van der Waals surface area contributed by atoms with E-state index in [4.69, 9.17) is 33.2 Å². The summed E-state index contributed by atoms with van der Waals surface area (Å²) >= 11 is 0. The van der Waals surface area contributed by atoms with Gasteiger partial charge in [-0.2, -0.15) is 0 Å². The van der Waals surface area contributed by atoms with Crippen molar-refractivity contribution in [3.05, 3.63) is 60.4 Å². The summed E-state index contributed by atoms with van der Waals surface area (Å²) in [7, 11) is 0. The summed E-state index contributed by atoms with van der Waals surface area (Å²) in [6.07, 6.45) is 3.69. The number of rotatable bonds is 16. The Morgan fingerprint density at radius 3 is 1.60 bits per heavy atom. The number of likely N-dealkylation sites (tertiary alicyclic amines) is 3. The molecule has 25 nitrogen and oxygen atoms in total. The Bertz CT molecular complexity index is 3380. The quantitative estimate of drug-likeness (QED) is 0.0888. The van der Waals surface area contributed by atoms with Crippen molar-refractivity contribution in [3.8, 4) is 11.1 Å². The molecule has 3 saturated carbocycles. The number of carbonyl (C=O) groups is 7. The van der Waals surface area contributed by atoms with Crippen LogP contribution in [0.25, 0.3) is 11.1 Å². The third-order valence-corrected chi connectivity index (χ3v) is 19.0. The summed E-state index contributed by atoms with van der Waals surface area (Å²) in [5.41, 5.74) is -6.32. The fraction of sp³-hybridized carbons (Fsp3) is 0.706. The van der Waals surface area contributed by atoms with Gasteiger partial charge in [0.15, 0.2) is 0 Å². The summed E-state index contributed by atoms with van der Waals surface area (Å²) < 4.78 is 60.9. The average Bonchev–Trinajstić information content (AvgIpc) is 1.48. The van der Waals surface area contributed by atoms with Gasteiger partial charge < -0.3 is 63.8 Å². The maximum atomic E-state index is 17.8. The zero-order valence-electron chi connectivity index (χ0n) is 58.0. The molecule has 0 radical (unpaired) electrons. The fourth-order valence-electron chi connectivity index (χ4n) is 15.6. The minimum Gasteiger partial charge on any atom is -0.444 e. The van der Waals surface area contributed by atoms with Crippen LogP contribution in [0.2, 0.25) is 0 Å². The van der Waals surface area contributed by atoms with E-state index in [0.29, 0.717) is 49.9 Å².